The Morgan fingerprint density at radius 1 is 1.41 bits per heavy atom. The normalized spacial score (nSPS) is 33.4. The largest absolute Gasteiger partial charge is 0.381 e. The summed E-state index contributed by atoms with van der Waals surface area (Å²) in [5.41, 5.74) is 1.41. The molecule has 1 N–H and O–H groups in total. The first-order valence-corrected chi connectivity index (χ1v) is 6.63. The van der Waals surface area contributed by atoms with Crippen molar-refractivity contribution in [3.8, 4) is 0 Å². The van der Waals surface area contributed by atoms with Crippen LogP contribution < -0.4 is 5.32 Å². The van der Waals surface area contributed by atoms with Crippen molar-refractivity contribution in [3.05, 3.63) is 18.2 Å². The molecule has 0 amide bonds. The first-order valence-electron chi connectivity index (χ1n) is 6.63. The average molecular weight is 235 g/mol. The molecular formula is C13H21N3O. The highest BCUT2D eigenvalue weighted by Gasteiger charge is 2.29. The molecule has 1 saturated carbocycles. The van der Waals surface area contributed by atoms with Gasteiger partial charge in [0.1, 0.15) is 0 Å². The lowest BCUT2D eigenvalue weighted by molar-refractivity contribution is 0.105. The Balaban J connectivity index is 1.77. The van der Waals surface area contributed by atoms with Crippen LogP contribution in [0, 0.1) is 0 Å². The van der Waals surface area contributed by atoms with E-state index in [0.717, 1.165) is 19.5 Å². The summed E-state index contributed by atoms with van der Waals surface area (Å²) >= 11 is 0. The van der Waals surface area contributed by atoms with E-state index in [1.165, 1.54) is 25.0 Å². The average Bonchev–Trinajstić information content (AvgIpc) is 3.09. The molecule has 17 heavy (non-hydrogen) atoms. The molecule has 4 nitrogen and oxygen atoms in total. The predicted molar refractivity (Wildman–Crippen MR) is 66.1 cm³/mol. The van der Waals surface area contributed by atoms with Crippen molar-refractivity contribution >= 4 is 0 Å². The Bertz CT molecular complexity index is 370. The lowest BCUT2D eigenvalue weighted by Crippen LogP contribution is -2.15. The van der Waals surface area contributed by atoms with Crippen LogP contribution in [0.1, 0.15) is 43.3 Å². The van der Waals surface area contributed by atoms with E-state index in [1.54, 1.807) is 0 Å². The molecule has 2 aliphatic rings. The second kappa shape index (κ2) is 4.78. The number of imidazole rings is 1. The minimum absolute atomic E-state index is 0.442. The number of methoxy groups -OCH3 is 1. The SMILES string of the molecule is COC1CCC(n2cncc2C2CCNC2)C1. The van der Waals surface area contributed by atoms with Gasteiger partial charge in [0.25, 0.3) is 0 Å². The third kappa shape index (κ3) is 2.11. The number of nitrogens with zero attached hydrogens (tertiary/aromatic N) is 2. The summed E-state index contributed by atoms with van der Waals surface area (Å²) in [6, 6.07) is 0.595. The van der Waals surface area contributed by atoms with Crippen LogP contribution in [0.25, 0.3) is 0 Å². The molecule has 0 bridgehead atoms. The third-order valence-electron chi connectivity index (χ3n) is 4.26. The second-order valence-electron chi connectivity index (χ2n) is 5.24. The fraction of sp³-hybridized carbons (Fsp3) is 0.769. The van der Waals surface area contributed by atoms with E-state index in [0.29, 0.717) is 18.1 Å². The third-order valence-corrected chi connectivity index (χ3v) is 4.26. The molecule has 1 saturated heterocycles. The zero-order chi connectivity index (χ0) is 11.7. The maximum atomic E-state index is 5.46. The van der Waals surface area contributed by atoms with Crippen LogP contribution in [0.5, 0.6) is 0 Å². The molecule has 1 aromatic heterocycles. The molecule has 3 atom stereocenters. The van der Waals surface area contributed by atoms with Gasteiger partial charge in [-0.05, 0) is 32.2 Å². The summed E-state index contributed by atoms with van der Waals surface area (Å²) in [7, 11) is 1.82. The number of aromatic nitrogens is 2. The van der Waals surface area contributed by atoms with Gasteiger partial charge in [-0.25, -0.2) is 4.98 Å². The summed E-state index contributed by atoms with van der Waals surface area (Å²) in [5.74, 6) is 0.652. The number of hydrogen-bond acceptors (Lipinski definition) is 3. The molecule has 3 rings (SSSR count). The van der Waals surface area contributed by atoms with Crippen molar-refractivity contribution < 1.29 is 4.74 Å². The number of nitrogens with one attached hydrogen (secondary N) is 1. The molecule has 1 aliphatic heterocycles. The smallest absolute Gasteiger partial charge is 0.0950 e. The number of ether oxygens (including phenoxy) is 1. The highest BCUT2D eigenvalue weighted by atomic mass is 16.5. The van der Waals surface area contributed by atoms with Crippen molar-refractivity contribution in [3.63, 3.8) is 0 Å². The molecule has 1 aliphatic carbocycles. The minimum atomic E-state index is 0.442. The van der Waals surface area contributed by atoms with E-state index < -0.39 is 0 Å². The van der Waals surface area contributed by atoms with Crippen LogP contribution in [0.3, 0.4) is 0 Å². The highest BCUT2D eigenvalue weighted by molar-refractivity contribution is 5.11. The number of hydrogen-bond donors (Lipinski definition) is 1. The molecule has 4 heteroatoms. The summed E-state index contributed by atoms with van der Waals surface area (Å²) < 4.78 is 7.86. The molecule has 2 fully saturated rings. The second-order valence-corrected chi connectivity index (χ2v) is 5.24. The van der Waals surface area contributed by atoms with Gasteiger partial charge in [0.2, 0.25) is 0 Å². The zero-order valence-electron chi connectivity index (χ0n) is 10.4. The van der Waals surface area contributed by atoms with Gasteiger partial charge in [-0.15, -0.1) is 0 Å². The van der Waals surface area contributed by atoms with Crippen LogP contribution in [0.4, 0.5) is 0 Å². The molecule has 0 aromatic carbocycles. The molecule has 1 aromatic rings. The van der Waals surface area contributed by atoms with E-state index >= 15 is 0 Å². The highest BCUT2D eigenvalue weighted by Crippen LogP contribution is 2.34. The van der Waals surface area contributed by atoms with Gasteiger partial charge in [0.05, 0.1) is 12.4 Å². The van der Waals surface area contributed by atoms with Gasteiger partial charge in [-0.2, -0.15) is 0 Å². The van der Waals surface area contributed by atoms with Crippen molar-refractivity contribution in [2.24, 2.45) is 0 Å². The van der Waals surface area contributed by atoms with Crippen LogP contribution >= 0.6 is 0 Å². The molecule has 94 valence electrons. The first-order chi connectivity index (χ1) is 8.38. The molecule has 3 unspecified atom stereocenters. The Labute approximate surface area is 102 Å². The van der Waals surface area contributed by atoms with Crippen molar-refractivity contribution in [1.29, 1.82) is 0 Å². The molecule has 0 spiro atoms. The maximum absolute atomic E-state index is 5.46. The van der Waals surface area contributed by atoms with Crippen molar-refractivity contribution in [1.82, 2.24) is 14.9 Å². The standard InChI is InChI=1S/C13H21N3O/c1-17-12-3-2-11(6-12)16-9-15-8-13(16)10-4-5-14-7-10/h8-12,14H,2-7H2,1H3. The zero-order valence-corrected chi connectivity index (χ0v) is 10.4. The van der Waals surface area contributed by atoms with E-state index in [2.05, 4.69) is 21.1 Å². The monoisotopic (exact) mass is 235 g/mol. The van der Waals surface area contributed by atoms with Gasteiger partial charge in [-0.1, -0.05) is 0 Å². The summed E-state index contributed by atoms with van der Waals surface area (Å²) in [5, 5.41) is 3.43. The Kier molecular flexibility index (Phi) is 3.16. The maximum Gasteiger partial charge on any atom is 0.0950 e. The summed E-state index contributed by atoms with van der Waals surface area (Å²) in [6.07, 6.45) is 9.29. The van der Waals surface area contributed by atoms with Gasteiger partial charge in [-0.3, -0.25) is 0 Å². The summed E-state index contributed by atoms with van der Waals surface area (Å²) in [6.45, 7) is 2.24. The number of rotatable bonds is 3. The van der Waals surface area contributed by atoms with E-state index in [4.69, 9.17) is 4.74 Å². The Morgan fingerprint density at radius 3 is 3.06 bits per heavy atom. The minimum Gasteiger partial charge on any atom is -0.381 e. The fourth-order valence-electron chi connectivity index (χ4n) is 3.23. The summed E-state index contributed by atoms with van der Waals surface area (Å²) in [4.78, 5) is 4.36. The van der Waals surface area contributed by atoms with Gasteiger partial charge in [0, 0.05) is 37.5 Å². The quantitative estimate of drug-likeness (QED) is 0.866. The molecule has 0 radical (unpaired) electrons. The van der Waals surface area contributed by atoms with Crippen LogP contribution in [0.15, 0.2) is 12.5 Å². The fourth-order valence-corrected chi connectivity index (χ4v) is 3.23. The van der Waals surface area contributed by atoms with E-state index in [1.807, 2.05) is 13.4 Å². The Hall–Kier alpha value is -0.870. The lowest BCUT2D eigenvalue weighted by atomic mass is 10.0. The lowest BCUT2D eigenvalue weighted by Gasteiger charge is -2.18. The first kappa shape index (κ1) is 11.2. The van der Waals surface area contributed by atoms with Crippen molar-refractivity contribution in [2.45, 2.75) is 43.7 Å². The van der Waals surface area contributed by atoms with Gasteiger partial charge >= 0.3 is 0 Å². The topological polar surface area (TPSA) is 39.1 Å². The van der Waals surface area contributed by atoms with Gasteiger partial charge in [0.15, 0.2) is 0 Å². The molecule has 2 heterocycles. The van der Waals surface area contributed by atoms with Crippen LogP contribution in [0.2, 0.25) is 0 Å². The predicted octanol–water partition coefficient (Wildman–Crippen LogP) is 1.70. The van der Waals surface area contributed by atoms with E-state index in [-0.39, 0.29) is 0 Å². The van der Waals surface area contributed by atoms with Crippen LogP contribution in [-0.2, 0) is 4.74 Å². The Morgan fingerprint density at radius 2 is 2.35 bits per heavy atom. The van der Waals surface area contributed by atoms with Crippen molar-refractivity contribution in [2.75, 3.05) is 20.2 Å². The molecular weight excluding hydrogens is 214 g/mol. The van der Waals surface area contributed by atoms with Gasteiger partial charge < -0.3 is 14.6 Å². The van der Waals surface area contributed by atoms with Crippen LogP contribution in [-0.4, -0.2) is 35.9 Å². The van der Waals surface area contributed by atoms with E-state index in [9.17, 15) is 0 Å².